The van der Waals surface area contributed by atoms with Gasteiger partial charge in [-0.1, -0.05) is 38.4 Å². The zero-order valence-corrected chi connectivity index (χ0v) is 7.47. The monoisotopic (exact) mass is 162 g/mol. The van der Waals surface area contributed by atoms with Gasteiger partial charge in [0.25, 0.3) is 0 Å². The van der Waals surface area contributed by atoms with Gasteiger partial charge in [-0.05, 0) is 5.92 Å². The van der Waals surface area contributed by atoms with Gasteiger partial charge in [0, 0.05) is 11.5 Å². The van der Waals surface area contributed by atoms with Crippen molar-refractivity contribution in [2.24, 2.45) is 11.8 Å². The predicted molar refractivity (Wildman–Crippen MR) is 45.0 cm³/mol. The molecule has 0 aromatic rings. The largest absolute Gasteiger partial charge is 0.392 e. The molecule has 0 aliphatic carbocycles. The average Bonchev–Trinajstić information content (AvgIpc) is 1.87. The van der Waals surface area contributed by atoms with Crippen LogP contribution in [0.4, 0.5) is 0 Å². The molecule has 2 atom stereocenters. The Morgan fingerprint density at radius 1 is 1.30 bits per heavy atom. The molecule has 0 unspecified atom stereocenters. The Kier molecular flexibility index (Phi) is 4.75. The van der Waals surface area contributed by atoms with Crippen LogP contribution in [0, 0.1) is 11.8 Å². The summed E-state index contributed by atoms with van der Waals surface area (Å²) < 4.78 is 0. The van der Waals surface area contributed by atoms with Crippen molar-refractivity contribution >= 4 is 11.6 Å². The maximum atomic E-state index is 9.42. The molecular weight excluding hydrogens is 148 g/mol. The van der Waals surface area contributed by atoms with Crippen LogP contribution in [-0.4, -0.2) is 11.2 Å². The highest BCUT2D eigenvalue weighted by atomic mass is 35.5. The third kappa shape index (κ3) is 3.23. The van der Waals surface area contributed by atoms with Crippen LogP contribution in [0.15, 0.2) is 11.6 Å². The Bertz CT molecular complexity index is 110. The molecule has 2 heteroatoms. The van der Waals surface area contributed by atoms with Crippen molar-refractivity contribution in [3.8, 4) is 0 Å². The van der Waals surface area contributed by atoms with Crippen molar-refractivity contribution in [1.29, 1.82) is 0 Å². The fraction of sp³-hybridized carbons (Fsp3) is 0.750. The van der Waals surface area contributed by atoms with E-state index in [1.165, 1.54) is 5.54 Å². The summed E-state index contributed by atoms with van der Waals surface area (Å²) in [6, 6.07) is 0. The van der Waals surface area contributed by atoms with Gasteiger partial charge in [0.15, 0.2) is 0 Å². The van der Waals surface area contributed by atoms with Crippen LogP contribution in [0.3, 0.4) is 0 Å². The predicted octanol–water partition coefficient (Wildman–Crippen LogP) is 2.39. The molecule has 0 bridgehead atoms. The second-order valence-corrected chi connectivity index (χ2v) is 3.16. The average molecular weight is 163 g/mol. The van der Waals surface area contributed by atoms with Crippen molar-refractivity contribution in [3.63, 3.8) is 0 Å². The molecule has 0 saturated heterocycles. The first kappa shape index (κ1) is 9.99. The maximum absolute atomic E-state index is 9.42. The molecule has 60 valence electrons. The maximum Gasteiger partial charge on any atom is 0.0623 e. The van der Waals surface area contributed by atoms with Gasteiger partial charge in [-0.2, -0.15) is 0 Å². The van der Waals surface area contributed by atoms with E-state index in [-0.39, 0.29) is 12.0 Å². The van der Waals surface area contributed by atoms with E-state index in [4.69, 9.17) is 11.6 Å². The molecule has 0 rings (SSSR count). The first-order valence-electron chi connectivity index (χ1n) is 3.54. The van der Waals surface area contributed by atoms with Gasteiger partial charge in [0.2, 0.25) is 0 Å². The number of rotatable bonds is 3. The summed E-state index contributed by atoms with van der Waals surface area (Å²) in [5.74, 6) is 0.445. The lowest BCUT2D eigenvalue weighted by Gasteiger charge is -2.18. The second-order valence-electron chi connectivity index (χ2n) is 2.91. The van der Waals surface area contributed by atoms with Crippen LogP contribution in [0.5, 0.6) is 0 Å². The van der Waals surface area contributed by atoms with E-state index in [2.05, 4.69) is 0 Å². The summed E-state index contributed by atoms with van der Waals surface area (Å²) in [6.45, 7) is 5.93. The Balaban J connectivity index is 3.81. The zero-order valence-electron chi connectivity index (χ0n) is 6.71. The fourth-order valence-electron chi connectivity index (χ4n) is 0.836. The molecule has 10 heavy (non-hydrogen) atoms. The van der Waals surface area contributed by atoms with E-state index in [1.54, 1.807) is 6.08 Å². The topological polar surface area (TPSA) is 20.2 Å². The molecule has 0 heterocycles. The summed E-state index contributed by atoms with van der Waals surface area (Å²) >= 11 is 5.35. The van der Waals surface area contributed by atoms with Crippen molar-refractivity contribution in [3.05, 3.63) is 11.6 Å². The molecule has 0 radical (unpaired) electrons. The minimum atomic E-state index is -0.282. The Morgan fingerprint density at radius 3 is 2.10 bits per heavy atom. The summed E-state index contributed by atoms with van der Waals surface area (Å²) in [7, 11) is 0. The van der Waals surface area contributed by atoms with Gasteiger partial charge in [-0.25, -0.2) is 0 Å². The van der Waals surface area contributed by atoms with Gasteiger partial charge in [-0.15, -0.1) is 0 Å². The van der Waals surface area contributed by atoms with Crippen LogP contribution >= 0.6 is 11.6 Å². The van der Waals surface area contributed by atoms with E-state index in [9.17, 15) is 5.11 Å². The summed E-state index contributed by atoms with van der Waals surface area (Å²) in [4.78, 5) is 0. The van der Waals surface area contributed by atoms with Gasteiger partial charge in [0.05, 0.1) is 6.10 Å². The standard InChI is InChI=1S/C8H15ClO/c1-6(2)8(10)7(3)4-5-9/h4-8,10H,1-3H3/b5-4-/t7-,8+/m1/s1. The first-order valence-corrected chi connectivity index (χ1v) is 3.98. The molecule has 0 saturated carbocycles. The molecule has 1 nitrogen and oxygen atoms in total. The van der Waals surface area contributed by atoms with Gasteiger partial charge >= 0.3 is 0 Å². The summed E-state index contributed by atoms with van der Waals surface area (Å²) in [5.41, 5.74) is 1.45. The van der Waals surface area contributed by atoms with E-state index < -0.39 is 0 Å². The van der Waals surface area contributed by atoms with E-state index in [1.807, 2.05) is 20.8 Å². The van der Waals surface area contributed by atoms with Crippen molar-refractivity contribution in [1.82, 2.24) is 0 Å². The molecule has 0 fully saturated rings. The van der Waals surface area contributed by atoms with Crippen molar-refractivity contribution in [2.75, 3.05) is 0 Å². The minimum Gasteiger partial charge on any atom is -0.392 e. The van der Waals surface area contributed by atoms with Crippen LogP contribution < -0.4 is 0 Å². The minimum absolute atomic E-state index is 0.150. The summed E-state index contributed by atoms with van der Waals surface area (Å²) in [6.07, 6.45) is 1.52. The Hall–Kier alpha value is -0.0100. The van der Waals surface area contributed by atoms with Crippen LogP contribution in [0.1, 0.15) is 20.8 Å². The molecule has 0 amide bonds. The van der Waals surface area contributed by atoms with E-state index >= 15 is 0 Å². The third-order valence-corrected chi connectivity index (χ3v) is 1.74. The molecule has 0 aliphatic heterocycles. The number of aliphatic hydroxyl groups is 1. The summed E-state index contributed by atoms with van der Waals surface area (Å²) in [5, 5.41) is 9.42. The normalized spacial score (nSPS) is 18.2. The number of hydrogen-bond acceptors (Lipinski definition) is 1. The van der Waals surface area contributed by atoms with Crippen molar-refractivity contribution < 1.29 is 5.11 Å². The lowest BCUT2D eigenvalue weighted by atomic mass is 9.95. The SMILES string of the molecule is CC(C)[C@H](O)[C@H](C)/C=C\Cl. The molecule has 0 spiro atoms. The van der Waals surface area contributed by atoms with E-state index in [0.717, 1.165) is 0 Å². The van der Waals surface area contributed by atoms with Crippen LogP contribution in [-0.2, 0) is 0 Å². The van der Waals surface area contributed by atoms with Crippen LogP contribution in [0.2, 0.25) is 0 Å². The third-order valence-electron chi connectivity index (χ3n) is 1.60. The molecule has 0 aromatic heterocycles. The lowest BCUT2D eigenvalue weighted by molar-refractivity contribution is 0.0912. The smallest absolute Gasteiger partial charge is 0.0623 e. The lowest BCUT2D eigenvalue weighted by Crippen LogP contribution is -2.21. The molecule has 0 aliphatic rings. The Morgan fingerprint density at radius 2 is 1.80 bits per heavy atom. The van der Waals surface area contributed by atoms with E-state index in [0.29, 0.717) is 5.92 Å². The highest BCUT2D eigenvalue weighted by Gasteiger charge is 2.14. The number of hydrogen-bond donors (Lipinski definition) is 1. The highest BCUT2D eigenvalue weighted by Crippen LogP contribution is 2.13. The molecular formula is C8H15ClO. The number of halogens is 1. The zero-order chi connectivity index (χ0) is 8.15. The quantitative estimate of drug-likeness (QED) is 0.676. The second kappa shape index (κ2) is 4.75. The number of aliphatic hydroxyl groups excluding tert-OH is 1. The van der Waals surface area contributed by atoms with Gasteiger partial charge in [0.1, 0.15) is 0 Å². The fourth-order valence-corrected chi connectivity index (χ4v) is 1.07. The van der Waals surface area contributed by atoms with Gasteiger partial charge in [-0.3, -0.25) is 0 Å². The molecule has 1 N–H and O–H groups in total. The molecule has 0 aromatic carbocycles. The highest BCUT2D eigenvalue weighted by molar-refractivity contribution is 6.25. The first-order chi connectivity index (χ1) is 4.59. The van der Waals surface area contributed by atoms with Gasteiger partial charge < -0.3 is 5.11 Å². The van der Waals surface area contributed by atoms with Crippen molar-refractivity contribution in [2.45, 2.75) is 26.9 Å². The Labute approximate surface area is 67.7 Å². The van der Waals surface area contributed by atoms with Crippen LogP contribution in [0.25, 0.3) is 0 Å².